The van der Waals surface area contributed by atoms with E-state index in [1.165, 1.54) is 28.8 Å². The predicted molar refractivity (Wildman–Crippen MR) is 122 cm³/mol. The van der Waals surface area contributed by atoms with Crippen LogP contribution in [0.1, 0.15) is 54.1 Å². The van der Waals surface area contributed by atoms with Gasteiger partial charge in [-0.1, -0.05) is 31.0 Å². The van der Waals surface area contributed by atoms with Crippen LogP contribution in [-0.4, -0.2) is 29.2 Å². The average Bonchev–Trinajstić information content (AvgIpc) is 3.42. The van der Waals surface area contributed by atoms with Gasteiger partial charge in [0, 0.05) is 17.0 Å². The zero-order chi connectivity index (χ0) is 20.5. The molecule has 1 atom stereocenters. The Labute approximate surface area is 181 Å². The number of hydrogen-bond donors (Lipinski definition) is 1. The lowest BCUT2D eigenvalue weighted by Crippen LogP contribution is -2.35. The molecule has 5 rings (SSSR count). The number of aryl methyl sites for hydroxylation is 1. The number of hydrogen-bond acceptors (Lipinski definition) is 5. The van der Waals surface area contributed by atoms with E-state index >= 15 is 0 Å². The molecule has 2 aromatic heterocycles. The number of ether oxygens (including phenoxy) is 1. The van der Waals surface area contributed by atoms with E-state index in [4.69, 9.17) is 4.74 Å². The normalized spacial score (nSPS) is 19.3. The molecule has 1 N–H and O–H groups in total. The van der Waals surface area contributed by atoms with Crippen LogP contribution in [0.3, 0.4) is 0 Å². The van der Waals surface area contributed by atoms with Gasteiger partial charge in [0.05, 0.1) is 18.8 Å². The summed E-state index contributed by atoms with van der Waals surface area (Å²) in [5.41, 5.74) is 2.69. The molecular weight excluding hydrogens is 394 g/mol. The van der Waals surface area contributed by atoms with Crippen LogP contribution in [0.2, 0.25) is 0 Å². The van der Waals surface area contributed by atoms with Gasteiger partial charge in [-0.25, -0.2) is 4.98 Å². The van der Waals surface area contributed by atoms with Gasteiger partial charge in [0.1, 0.15) is 10.6 Å². The number of aromatic nitrogens is 2. The summed E-state index contributed by atoms with van der Waals surface area (Å²) in [5.74, 6) is 0.958. The van der Waals surface area contributed by atoms with Crippen LogP contribution in [0.25, 0.3) is 10.2 Å². The van der Waals surface area contributed by atoms with E-state index < -0.39 is 0 Å². The zero-order valence-corrected chi connectivity index (χ0v) is 18.3. The summed E-state index contributed by atoms with van der Waals surface area (Å²) < 4.78 is 7.38. The van der Waals surface area contributed by atoms with Crippen molar-refractivity contribution < 1.29 is 4.74 Å². The maximum absolute atomic E-state index is 13.2. The number of rotatable bonds is 6. The molecule has 0 amide bonds. The predicted octanol–water partition coefficient (Wildman–Crippen LogP) is 4.27. The zero-order valence-electron chi connectivity index (χ0n) is 17.5. The van der Waals surface area contributed by atoms with Crippen molar-refractivity contribution in [2.45, 2.75) is 63.5 Å². The second-order valence-electron chi connectivity index (χ2n) is 8.53. The highest BCUT2D eigenvalue weighted by atomic mass is 32.1. The molecule has 2 aliphatic rings. The largest absolute Gasteiger partial charge is 0.496 e. The van der Waals surface area contributed by atoms with Crippen molar-refractivity contribution in [3.8, 4) is 5.75 Å². The maximum atomic E-state index is 13.2. The monoisotopic (exact) mass is 423 g/mol. The van der Waals surface area contributed by atoms with Crippen molar-refractivity contribution in [1.82, 2.24) is 14.9 Å². The fraction of sp³-hybridized carbons (Fsp3) is 0.500. The molecule has 0 bridgehead atoms. The van der Waals surface area contributed by atoms with Crippen LogP contribution in [0.4, 0.5) is 0 Å². The molecular formula is C24H29N3O2S. The molecule has 1 fully saturated rings. The van der Waals surface area contributed by atoms with E-state index in [2.05, 4.69) is 22.4 Å². The van der Waals surface area contributed by atoms with Gasteiger partial charge in [-0.05, 0) is 62.3 Å². The molecule has 0 radical (unpaired) electrons. The summed E-state index contributed by atoms with van der Waals surface area (Å²) in [6.45, 7) is 0.929. The van der Waals surface area contributed by atoms with Crippen LogP contribution < -0.4 is 15.6 Å². The summed E-state index contributed by atoms with van der Waals surface area (Å²) in [4.78, 5) is 20.2. The lowest BCUT2D eigenvalue weighted by atomic mass is 9.93. The fourth-order valence-electron chi connectivity index (χ4n) is 5.12. The first kappa shape index (κ1) is 19.8. The Hall–Kier alpha value is -2.18. The second-order valence-corrected chi connectivity index (χ2v) is 9.62. The number of thiophene rings is 1. The van der Waals surface area contributed by atoms with Gasteiger partial charge in [-0.3, -0.25) is 9.36 Å². The van der Waals surface area contributed by atoms with E-state index in [0.717, 1.165) is 61.0 Å². The molecule has 30 heavy (non-hydrogen) atoms. The van der Waals surface area contributed by atoms with E-state index in [1.807, 2.05) is 16.7 Å². The Morgan fingerprint density at radius 3 is 2.90 bits per heavy atom. The van der Waals surface area contributed by atoms with Crippen LogP contribution in [0, 0.1) is 0 Å². The van der Waals surface area contributed by atoms with Gasteiger partial charge >= 0.3 is 0 Å². The summed E-state index contributed by atoms with van der Waals surface area (Å²) in [6, 6.07) is 9.02. The van der Waals surface area contributed by atoms with E-state index in [9.17, 15) is 4.79 Å². The van der Waals surface area contributed by atoms with Crippen molar-refractivity contribution in [2.75, 3.05) is 13.7 Å². The smallest absolute Gasteiger partial charge is 0.262 e. The SMILES string of the molecule is COc1ccccc1CCNC1CCc2c(sc3ncn(C4CCCC4)c(=O)c23)C1. The second kappa shape index (κ2) is 8.52. The first-order chi connectivity index (χ1) is 14.7. The Morgan fingerprint density at radius 2 is 2.07 bits per heavy atom. The van der Waals surface area contributed by atoms with E-state index in [0.29, 0.717) is 12.1 Å². The minimum absolute atomic E-state index is 0.187. The van der Waals surface area contributed by atoms with Crippen molar-refractivity contribution in [2.24, 2.45) is 0 Å². The van der Waals surface area contributed by atoms with Crippen molar-refractivity contribution >= 4 is 21.6 Å². The Balaban J connectivity index is 1.29. The summed E-state index contributed by atoms with van der Waals surface area (Å²) in [7, 11) is 1.73. The third-order valence-corrected chi connectivity index (χ3v) is 7.89. The number of benzene rings is 1. The lowest BCUT2D eigenvalue weighted by Gasteiger charge is -2.23. The number of para-hydroxylation sites is 1. The first-order valence-corrected chi connectivity index (χ1v) is 11.9. The number of methoxy groups -OCH3 is 1. The number of nitrogens with zero attached hydrogens (tertiary/aromatic N) is 2. The lowest BCUT2D eigenvalue weighted by molar-refractivity contribution is 0.407. The molecule has 2 aliphatic carbocycles. The van der Waals surface area contributed by atoms with Gasteiger partial charge in [0.2, 0.25) is 0 Å². The minimum Gasteiger partial charge on any atom is -0.496 e. The van der Waals surface area contributed by atoms with Crippen LogP contribution in [-0.2, 0) is 19.3 Å². The molecule has 1 aromatic carbocycles. The van der Waals surface area contributed by atoms with Crippen molar-refractivity contribution in [1.29, 1.82) is 0 Å². The third kappa shape index (κ3) is 3.67. The average molecular weight is 424 g/mol. The van der Waals surface area contributed by atoms with Crippen LogP contribution >= 0.6 is 11.3 Å². The van der Waals surface area contributed by atoms with Crippen LogP contribution in [0.15, 0.2) is 35.4 Å². The van der Waals surface area contributed by atoms with E-state index in [-0.39, 0.29) is 5.56 Å². The topological polar surface area (TPSA) is 56.1 Å². The maximum Gasteiger partial charge on any atom is 0.262 e. The molecule has 3 aromatic rings. The first-order valence-electron chi connectivity index (χ1n) is 11.1. The molecule has 0 saturated heterocycles. The summed E-state index contributed by atoms with van der Waals surface area (Å²) in [6.07, 6.45) is 10.4. The molecule has 0 aliphatic heterocycles. The van der Waals surface area contributed by atoms with Gasteiger partial charge in [0.15, 0.2) is 0 Å². The standard InChI is InChI=1S/C24H29N3O2S/c1-29-20-9-5-2-6-16(20)12-13-25-17-10-11-19-21(14-17)30-23-22(19)24(28)27(15-26-23)18-7-3-4-8-18/h2,5-6,9,15,17-18,25H,3-4,7-8,10-14H2,1H3. The van der Waals surface area contributed by atoms with Crippen LogP contribution in [0.5, 0.6) is 5.75 Å². The molecule has 158 valence electrons. The summed E-state index contributed by atoms with van der Waals surface area (Å²) >= 11 is 1.72. The van der Waals surface area contributed by atoms with Gasteiger partial charge < -0.3 is 10.1 Å². The highest BCUT2D eigenvalue weighted by Gasteiger charge is 2.26. The Kier molecular flexibility index (Phi) is 5.61. The molecule has 1 saturated carbocycles. The Morgan fingerprint density at radius 1 is 1.23 bits per heavy atom. The number of nitrogens with one attached hydrogen (secondary N) is 1. The van der Waals surface area contributed by atoms with E-state index in [1.54, 1.807) is 24.8 Å². The molecule has 6 heteroatoms. The number of fused-ring (bicyclic) bond motifs is 3. The Bertz CT molecular complexity index is 1100. The molecule has 0 spiro atoms. The van der Waals surface area contributed by atoms with Gasteiger partial charge in [-0.15, -0.1) is 11.3 Å². The fourth-order valence-corrected chi connectivity index (χ4v) is 6.37. The molecule has 5 nitrogen and oxygen atoms in total. The molecule has 2 heterocycles. The minimum atomic E-state index is 0.187. The molecule has 1 unspecified atom stereocenters. The van der Waals surface area contributed by atoms with Gasteiger partial charge in [-0.2, -0.15) is 0 Å². The quantitative estimate of drug-likeness (QED) is 0.643. The highest BCUT2D eigenvalue weighted by Crippen LogP contribution is 2.35. The summed E-state index contributed by atoms with van der Waals surface area (Å²) in [5, 5.41) is 4.62. The third-order valence-electron chi connectivity index (χ3n) is 6.73. The highest BCUT2D eigenvalue weighted by molar-refractivity contribution is 7.18. The van der Waals surface area contributed by atoms with Gasteiger partial charge in [0.25, 0.3) is 5.56 Å². The van der Waals surface area contributed by atoms with Crippen molar-refractivity contribution in [3.63, 3.8) is 0 Å². The van der Waals surface area contributed by atoms with Crippen molar-refractivity contribution in [3.05, 3.63) is 57.0 Å².